The highest BCUT2D eigenvalue weighted by atomic mass is 32.1. The highest BCUT2D eigenvalue weighted by Gasteiger charge is 1.88. The van der Waals surface area contributed by atoms with Crippen LogP contribution in [0.5, 0.6) is 0 Å². The lowest BCUT2D eigenvalue weighted by Crippen LogP contribution is -1.58. The fraction of sp³-hybridized carbons (Fsp3) is 0.333. The van der Waals surface area contributed by atoms with E-state index in [-0.39, 0.29) is 0 Å². The van der Waals surface area contributed by atoms with Crippen molar-refractivity contribution in [1.82, 2.24) is 0 Å². The van der Waals surface area contributed by atoms with Gasteiger partial charge in [0.05, 0.1) is 4.88 Å². The molecule has 0 saturated carbocycles. The van der Waals surface area contributed by atoms with Crippen molar-refractivity contribution in [2.24, 2.45) is 0 Å². The van der Waals surface area contributed by atoms with Crippen LogP contribution in [0.4, 0.5) is 0 Å². The minimum absolute atomic E-state index is 0.941. The normalized spacial score (nSPS) is 8.60. The third-order valence-electron chi connectivity index (χ3n) is 1.13. The molecule has 10 heavy (non-hydrogen) atoms. The molecule has 0 aromatic carbocycles. The SMILES string of the molecule is CCC#Cc1ccc(C)s1. The summed E-state index contributed by atoms with van der Waals surface area (Å²) in [6.07, 6.45) is 0.941. The first kappa shape index (κ1) is 7.37. The molecule has 0 N–H and O–H groups in total. The van der Waals surface area contributed by atoms with Crippen LogP contribution < -0.4 is 0 Å². The molecular weight excluding hydrogens is 140 g/mol. The Labute approximate surface area is 65.9 Å². The van der Waals surface area contributed by atoms with Crippen molar-refractivity contribution < 1.29 is 0 Å². The molecule has 1 aromatic heterocycles. The summed E-state index contributed by atoms with van der Waals surface area (Å²) in [7, 11) is 0. The maximum Gasteiger partial charge on any atom is 0.0771 e. The lowest BCUT2D eigenvalue weighted by atomic mass is 10.4. The van der Waals surface area contributed by atoms with E-state index in [0.717, 1.165) is 6.42 Å². The number of aryl methyl sites for hydroxylation is 1. The van der Waals surface area contributed by atoms with E-state index in [1.165, 1.54) is 9.75 Å². The topological polar surface area (TPSA) is 0 Å². The van der Waals surface area contributed by atoms with Crippen LogP contribution in [0.2, 0.25) is 0 Å². The molecule has 0 unspecified atom stereocenters. The molecule has 1 rings (SSSR count). The number of hydrogen-bond acceptors (Lipinski definition) is 1. The Morgan fingerprint density at radius 1 is 1.50 bits per heavy atom. The zero-order chi connectivity index (χ0) is 7.40. The average molecular weight is 150 g/mol. The molecule has 52 valence electrons. The molecule has 0 saturated heterocycles. The molecular formula is C9H10S. The van der Waals surface area contributed by atoms with Gasteiger partial charge < -0.3 is 0 Å². The van der Waals surface area contributed by atoms with Gasteiger partial charge in [0.2, 0.25) is 0 Å². The average Bonchev–Trinajstić information content (AvgIpc) is 2.31. The molecule has 0 atom stereocenters. The van der Waals surface area contributed by atoms with Gasteiger partial charge in [-0.05, 0) is 19.1 Å². The van der Waals surface area contributed by atoms with Crippen molar-refractivity contribution in [3.8, 4) is 11.8 Å². The van der Waals surface area contributed by atoms with Gasteiger partial charge in [0, 0.05) is 11.3 Å². The first-order valence-electron chi connectivity index (χ1n) is 3.38. The number of hydrogen-bond donors (Lipinski definition) is 0. The molecule has 1 heterocycles. The second-order valence-electron chi connectivity index (χ2n) is 2.07. The fourth-order valence-corrected chi connectivity index (χ4v) is 1.42. The maximum atomic E-state index is 3.08. The van der Waals surface area contributed by atoms with Crippen LogP contribution in [-0.2, 0) is 0 Å². The predicted octanol–water partition coefficient (Wildman–Crippen LogP) is 2.82. The Morgan fingerprint density at radius 3 is 2.80 bits per heavy atom. The van der Waals surface area contributed by atoms with Gasteiger partial charge in [0.25, 0.3) is 0 Å². The van der Waals surface area contributed by atoms with Crippen molar-refractivity contribution in [2.75, 3.05) is 0 Å². The first-order chi connectivity index (χ1) is 4.83. The maximum absolute atomic E-state index is 3.08. The van der Waals surface area contributed by atoms with Gasteiger partial charge in [-0.1, -0.05) is 18.8 Å². The van der Waals surface area contributed by atoms with Gasteiger partial charge in [0.1, 0.15) is 0 Å². The highest BCUT2D eigenvalue weighted by Crippen LogP contribution is 2.12. The Morgan fingerprint density at radius 2 is 2.30 bits per heavy atom. The predicted molar refractivity (Wildman–Crippen MR) is 46.2 cm³/mol. The first-order valence-corrected chi connectivity index (χ1v) is 4.20. The van der Waals surface area contributed by atoms with Crippen molar-refractivity contribution in [1.29, 1.82) is 0 Å². The van der Waals surface area contributed by atoms with E-state index in [1.807, 2.05) is 0 Å². The molecule has 0 fully saturated rings. The lowest BCUT2D eigenvalue weighted by molar-refractivity contribution is 1.28. The van der Waals surface area contributed by atoms with E-state index in [0.29, 0.717) is 0 Å². The highest BCUT2D eigenvalue weighted by molar-refractivity contribution is 7.12. The zero-order valence-corrected chi connectivity index (χ0v) is 7.09. The third kappa shape index (κ3) is 1.89. The largest absolute Gasteiger partial charge is 0.132 e. The summed E-state index contributed by atoms with van der Waals surface area (Å²) in [5.41, 5.74) is 0. The summed E-state index contributed by atoms with van der Waals surface area (Å²) in [6, 6.07) is 4.17. The molecule has 1 aromatic rings. The van der Waals surface area contributed by atoms with E-state index in [4.69, 9.17) is 0 Å². The van der Waals surface area contributed by atoms with Crippen molar-refractivity contribution in [3.63, 3.8) is 0 Å². The molecule has 1 heteroatoms. The monoisotopic (exact) mass is 150 g/mol. The number of rotatable bonds is 0. The summed E-state index contributed by atoms with van der Waals surface area (Å²) in [5.74, 6) is 6.12. The Balaban J connectivity index is 2.76. The van der Waals surface area contributed by atoms with E-state index in [9.17, 15) is 0 Å². The minimum atomic E-state index is 0.941. The lowest BCUT2D eigenvalue weighted by Gasteiger charge is -1.75. The van der Waals surface area contributed by atoms with Crippen LogP contribution in [0.1, 0.15) is 23.1 Å². The Bertz CT molecular complexity index is 260. The van der Waals surface area contributed by atoms with Crippen LogP contribution in [-0.4, -0.2) is 0 Å². The van der Waals surface area contributed by atoms with Gasteiger partial charge in [-0.15, -0.1) is 11.3 Å². The second-order valence-corrected chi connectivity index (χ2v) is 3.35. The second kappa shape index (κ2) is 3.43. The van der Waals surface area contributed by atoms with E-state index < -0.39 is 0 Å². The molecule has 0 bridgehead atoms. The minimum Gasteiger partial charge on any atom is -0.132 e. The summed E-state index contributed by atoms with van der Waals surface area (Å²) >= 11 is 1.75. The quantitative estimate of drug-likeness (QED) is 0.499. The van der Waals surface area contributed by atoms with Crippen molar-refractivity contribution >= 4 is 11.3 Å². The molecule has 0 aliphatic rings. The van der Waals surface area contributed by atoms with Gasteiger partial charge in [-0.3, -0.25) is 0 Å². The fourth-order valence-electron chi connectivity index (χ4n) is 0.677. The Hall–Kier alpha value is -0.740. The third-order valence-corrected chi connectivity index (χ3v) is 2.04. The van der Waals surface area contributed by atoms with E-state index in [2.05, 4.69) is 37.8 Å². The van der Waals surface area contributed by atoms with Crippen LogP contribution in [0.25, 0.3) is 0 Å². The van der Waals surface area contributed by atoms with E-state index in [1.54, 1.807) is 11.3 Å². The van der Waals surface area contributed by atoms with Crippen LogP contribution >= 0.6 is 11.3 Å². The summed E-state index contributed by atoms with van der Waals surface area (Å²) in [6.45, 7) is 4.16. The van der Waals surface area contributed by atoms with Gasteiger partial charge in [-0.2, -0.15) is 0 Å². The van der Waals surface area contributed by atoms with Crippen molar-refractivity contribution in [2.45, 2.75) is 20.3 Å². The standard InChI is InChI=1S/C9H10S/c1-3-4-5-9-7-6-8(2)10-9/h6-7H,3H2,1-2H3. The van der Waals surface area contributed by atoms with Gasteiger partial charge in [0.15, 0.2) is 0 Å². The molecule has 0 aliphatic heterocycles. The molecule has 0 nitrogen and oxygen atoms in total. The summed E-state index contributed by atoms with van der Waals surface area (Å²) in [4.78, 5) is 2.51. The van der Waals surface area contributed by atoms with Crippen LogP contribution in [0.15, 0.2) is 12.1 Å². The smallest absolute Gasteiger partial charge is 0.0771 e. The molecule has 0 spiro atoms. The van der Waals surface area contributed by atoms with Gasteiger partial charge in [-0.25, -0.2) is 0 Å². The van der Waals surface area contributed by atoms with E-state index >= 15 is 0 Å². The van der Waals surface area contributed by atoms with Crippen LogP contribution in [0.3, 0.4) is 0 Å². The Kier molecular flexibility index (Phi) is 2.53. The molecule has 0 amide bonds. The van der Waals surface area contributed by atoms with Crippen molar-refractivity contribution in [3.05, 3.63) is 21.9 Å². The summed E-state index contributed by atoms with van der Waals surface area (Å²) < 4.78 is 0. The zero-order valence-electron chi connectivity index (χ0n) is 6.27. The summed E-state index contributed by atoms with van der Waals surface area (Å²) in [5, 5.41) is 0. The molecule has 0 aliphatic carbocycles. The van der Waals surface area contributed by atoms with Gasteiger partial charge >= 0.3 is 0 Å². The molecule has 0 radical (unpaired) electrons. The number of thiophene rings is 1. The van der Waals surface area contributed by atoms with Crippen LogP contribution in [0, 0.1) is 18.8 Å².